The Morgan fingerprint density at radius 1 is 1.26 bits per heavy atom. The van der Waals surface area contributed by atoms with Crippen LogP contribution in [0.5, 0.6) is 5.75 Å². The molecule has 1 aromatic carbocycles. The molecule has 4 nitrogen and oxygen atoms in total. The van der Waals surface area contributed by atoms with Crippen molar-refractivity contribution in [2.24, 2.45) is 11.7 Å². The molecule has 19 heavy (non-hydrogen) atoms. The average molecular weight is 265 g/mol. The molecule has 0 radical (unpaired) electrons. The van der Waals surface area contributed by atoms with Gasteiger partial charge >= 0.3 is 5.97 Å². The van der Waals surface area contributed by atoms with E-state index in [1.807, 2.05) is 6.07 Å². The average Bonchev–Trinajstić information content (AvgIpc) is 2.24. The first-order valence-electron chi connectivity index (χ1n) is 6.37. The molecule has 106 valence electrons. The molecule has 3 N–H and O–H groups in total. The van der Waals surface area contributed by atoms with Crippen molar-refractivity contribution < 1.29 is 14.6 Å². The van der Waals surface area contributed by atoms with Gasteiger partial charge in [0.1, 0.15) is 5.75 Å². The van der Waals surface area contributed by atoms with Crippen molar-refractivity contribution in [1.29, 1.82) is 0 Å². The van der Waals surface area contributed by atoms with Crippen LogP contribution in [-0.2, 0) is 4.79 Å². The molecular formula is C15H23NO3. The van der Waals surface area contributed by atoms with Crippen LogP contribution in [0.4, 0.5) is 0 Å². The molecule has 0 aliphatic rings. The Balaban J connectivity index is 2.84. The largest absolute Gasteiger partial charge is 0.426 e. The number of carbonyl (C=O) groups is 1. The van der Waals surface area contributed by atoms with Crippen molar-refractivity contribution in [2.45, 2.75) is 45.3 Å². The Labute approximate surface area is 114 Å². The Morgan fingerprint density at radius 3 is 2.21 bits per heavy atom. The van der Waals surface area contributed by atoms with Gasteiger partial charge in [0.25, 0.3) is 0 Å². The van der Waals surface area contributed by atoms with Crippen LogP contribution in [-0.4, -0.2) is 22.2 Å². The van der Waals surface area contributed by atoms with E-state index in [9.17, 15) is 9.90 Å². The predicted octanol–water partition coefficient (Wildman–Crippen LogP) is 2.11. The maximum Gasteiger partial charge on any atom is 0.316 e. The molecule has 0 saturated heterocycles. The fourth-order valence-electron chi connectivity index (χ4n) is 1.83. The smallest absolute Gasteiger partial charge is 0.316 e. The second kappa shape index (κ2) is 5.72. The van der Waals surface area contributed by atoms with E-state index in [1.165, 1.54) is 0 Å². The van der Waals surface area contributed by atoms with Gasteiger partial charge in [-0.3, -0.25) is 4.79 Å². The normalized spacial score (nSPS) is 14.0. The molecule has 0 spiro atoms. The monoisotopic (exact) mass is 265 g/mol. The minimum Gasteiger partial charge on any atom is -0.426 e. The number of nitrogens with two attached hydrogens (primary N) is 1. The van der Waals surface area contributed by atoms with E-state index in [1.54, 1.807) is 52.0 Å². The Hall–Kier alpha value is -1.39. The van der Waals surface area contributed by atoms with E-state index in [4.69, 9.17) is 10.5 Å². The summed E-state index contributed by atoms with van der Waals surface area (Å²) in [4.78, 5) is 12.2. The summed E-state index contributed by atoms with van der Waals surface area (Å²) in [5.41, 5.74) is 4.30. The van der Waals surface area contributed by atoms with Crippen molar-refractivity contribution in [3.05, 3.63) is 30.3 Å². The summed E-state index contributed by atoms with van der Waals surface area (Å²) >= 11 is 0. The van der Waals surface area contributed by atoms with Crippen LogP contribution in [0.1, 0.15) is 34.1 Å². The lowest BCUT2D eigenvalue weighted by Gasteiger charge is -2.32. The van der Waals surface area contributed by atoms with E-state index in [2.05, 4.69) is 0 Å². The molecule has 0 heterocycles. The third-order valence-electron chi connectivity index (χ3n) is 2.85. The Morgan fingerprint density at radius 2 is 1.79 bits per heavy atom. The predicted molar refractivity (Wildman–Crippen MR) is 74.7 cm³/mol. The van der Waals surface area contributed by atoms with Crippen LogP contribution in [0, 0.1) is 5.92 Å². The van der Waals surface area contributed by atoms with E-state index in [0.717, 1.165) is 0 Å². The summed E-state index contributed by atoms with van der Waals surface area (Å²) in [5.74, 6) is -0.508. The van der Waals surface area contributed by atoms with E-state index >= 15 is 0 Å². The third-order valence-corrected chi connectivity index (χ3v) is 2.85. The highest BCUT2D eigenvalue weighted by atomic mass is 16.5. The van der Waals surface area contributed by atoms with Crippen molar-refractivity contribution >= 4 is 5.97 Å². The second-order valence-electron chi connectivity index (χ2n) is 6.12. The SMILES string of the molecule is CC(C)(O)C[C@H](C(=O)Oc1ccccc1)C(C)(C)N. The summed E-state index contributed by atoms with van der Waals surface area (Å²) in [6.07, 6.45) is 0.252. The van der Waals surface area contributed by atoms with Gasteiger partial charge in [0.2, 0.25) is 0 Å². The summed E-state index contributed by atoms with van der Waals surface area (Å²) < 4.78 is 5.32. The van der Waals surface area contributed by atoms with Crippen molar-refractivity contribution in [3.63, 3.8) is 0 Å². The molecule has 0 aliphatic heterocycles. The molecular weight excluding hydrogens is 242 g/mol. The van der Waals surface area contributed by atoms with Crippen LogP contribution in [0.2, 0.25) is 0 Å². The first-order chi connectivity index (χ1) is 8.59. The number of hydrogen-bond acceptors (Lipinski definition) is 4. The molecule has 1 aromatic rings. The summed E-state index contributed by atoms with van der Waals surface area (Å²) in [7, 11) is 0. The molecule has 0 unspecified atom stereocenters. The molecule has 0 fully saturated rings. The van der Waals surface area contributed by atoms with E-state index in [0.29, 0.717) is 5.75 Å². The molecule has 0 aromatic heterocycles. The number of rotatable bonds is 5. The van der Waals surface area contributed by atoms with Gasteiger partial charge in [-0.05, 0) is 46.2 Å². The molecule has 0 bridgehead atoms. The lowest BCUT2D eigenvalue weighted by atomic mass is 9.81. The van der Waals surface area contributed by atoms with Crippen molar-refractivity contribution in [2.75, 3.05) is 0 Å². The molecule has 0 amide bonds. The number of ether oxygens (including phenoxy) is 1. The number of esters is 1. The van der Waals surface area contributed by atoms with Crippen LogP contribution < -0.4 is 10.5 Å². The first kappa shape index (κ1) is 15.7. The lowest BCUT2D eigenvalue weighted by molar-refractivity contribution is -0.143. The summed E-state index contributed by atoms with van der Waals surface area (Å²) in [6, 6.07) is 8.85. The molecule has 0 aliphatic carbocycles. The Bertz CT molecular complexity index is 415. The third kappa shape index (κ3) is 5.41. The molecule has 0 saturated carbocycles. The quantitative estimate of drug-likeness (QED) is 0.631. The topological polar surface area (TPSA) is 72.5 Å². The fourth-order valence-corrected chi connectivity index (χ4v) is 1.83. The van der Waals surface area contributed by atoms with Crippen LogP contribution in [0.15, 0.2) is 30.3 Å². The lowest BCUT2D eigenvalue weighted by Crippen LogP contribution is -2.49. The zero-order valence-electron chi connectivity index (χ0n) is 12.0. The van der Waals surface area contributed by atoms with Gasteiger partial charge in [-0.2, -0.15) is 0 Å². The Kier molecular flexibility index (Phi) is 4.71. The molecule has 1 atom stereocenters. The highest BCUT2D eigenvalue weighted by molar-refractivity contribution is 5.76. The van der Waals surface area contributed by atoms with E-state index < -0.39 is 23.0 Å². The number of carbonyl (C=O) groups excluding carboxylic acids is 1. The van der Waals surface area contributed by atoms with Gasteiger partial charge in [-0.1, -0.05) is 18.2 Å². The van der Waals surface area contributed by atoms with E-state index in [-0.39, 0.29) is 6.42 Å². The van der Waals surface area contributed by atoms with Gasteiger partial charge in [-0.15, -0.1) is 0 Å². The van der Waals surface area contributed by atoms with Gasteiger partial charge in [-0.25, -0.2) is 0 Å². The maximum absolute atomic E-state index is 12.2. The highest BCUT2D eigenvalue weighted by Crippen LogP contribution is 2.26. The zero-order valence-corrected chi connectivity index (χ0v) is 12.0. The van der Waals surface area contributed by atoms with Crippen molar-refractivity contribution in [1.82, 2.24) is 0 Å². The number of hydrogen-bond donors (Lipinski definition) is 2. The summed E-state index contributed by atoms with van der Waals surface area (Å²) in [6.45, 7) is 6.83. The van der Waals surface area contributed by atoms with Gasteiger partial charge in [0.15, 0.2) is 0 Å². The molecule has 4 heteroatoms. The number of aliphatic hydroxyl groups is 1. The zero-order chi connectivity index (χ0) is 14.7. The maximum atomic E-state index is 12.2. The van der Waals surface area contributed by atoms with Crippen LogP contribution in [0.3, 0.4) is 0 Å². The van der Waals surface area contributed by atoms with Gasteiger partial charge in [0.05, 0.1) is 11.5 Å². The second-order valence-corrected chi connectivity index (χ2v) is 6.12. The fraction of sp³-hybridized carbons (Fsp3) is 0.533. The summed E-state index contributed by atoms with van der Waals surface area (Å²) in [5, 5.41) is 9.90. The number of para-hydroxylation sites is 1. The van der Waals surface area contributed by atoms with Crippen LogP contribution in [0.25, 0.3) is 0 Å². The highest BCUT2D eigenvalue weighted by Gasteiger charge is 2.37. The van der Waals surface area contributed by atoms with Crippen LogP contribution >= 0.6 is 0 Å². The van der Waals surface area contributed by atoms with Crippen molar-refractivity contribution in [3.8, 4) is 5.75 Å². The van der Waals surface area contributed by atoms with Gasteiger partial charge < -0.3 is 15.6 Å². The first-order valence-corrected chi connectivity index (χ1v) is 6.37. The number of benzene rings is 1. The molecule has 1 rings (SSSR count). The minimum atomic E-state index is -0.975. The minimum absolute atomic E-state index is 0.252. The van der Waals surface area contributed by atoms with Gasteiger partial charge in [0, 0.05) is 5.54 Å². The standard InChI is InChI=1S/C15H23NO3/c1-14(2,18)10-12(15(3,4)16)13(17)19-11-8-6-5-7-9-11/h5-9,12,18H,10,16H2,1-4H3/t12-/m1/s1.